The second kappa shape index (κ2) is 8.77. The number of hydrogen-bond donors (Lipinski definition) is 0. The second-order valence-electron chi connectivity index (χ2n) is 6.27. The number of sulfonamides is 1. The van der Waals surface area contributed by atoms with Crippen molar-refractivity contribution in [3.8, 4) is 5.75 Å². The summed E-state index contributed by atoms with van der Waals surface area (Å²) >= 11 is 5.30. The molecule has 0 amide bonds. The maximum absolute atomic E-state index is 13.0. The lowest BCUT2D eigenvalue weighted by atomic mass is 10.2. The zero-order valence-electron chi connectivity index (χ0n) is 15.4. The Morgan fingerprint density at radius 1 is 1.07 bits per heavy atom. The molecule has 0 saturated carbocycles. The summed E-state index contributed by atoms with van der Waals surface area (Å²) in [7, 11) is -2.00. The Bertz CT molecular complexity index is 983. The van der Waals surface area contributed by atoms with E-state index in [1.54, 1.807) is 25.3 Å². The third-order valence-corrected chi connectivity index (χ3v) is 6.59. The smallest absolute Gasteiger partial charge is 0.245 e. The van der Waals surface area contributed by atoms with Crippen LogP contribution in [0.2, 0.25) is 0 Å². The maximum Gasteiger partial charge on any atom is 0.245 e. The van der Waals surface area contributed by atoms with Crippen molar-refractivity contribution in [2.24, 2.45) is 0 Å². The molecule has 0 unspecified atom stereocenters. The molecule has 0 radical (unpaired) electrons. The fourth-order valence-corrected chi connectivity index (χ4v) is 4.69. The van der Waals surface area contributed by atoms with Gasteiger partial charge in [-0.2, -0.15) is 4.31 Å². The van der Waals surface area contributed by atoms with Gasteiger partial charge in [0.25, 0.3) is 0 Å². The predicted molar refractivity (Wildman–Crippen MR) is 110 cm³/mol. The van der Waals surface area contributed by atoms with Gasteiger partial charge in [0.1, 0.15) is 5.75 Å². The Morgan fingerprint density at radius 2 is 1.79 bits per heavy atom. The largest absolute Gasteiger partial charge is 0.495 e. The monoisotopic (exact) mass is 420 g/mol. The average molecular weight is 421 g/mol. The SMILES string of the molecule is COc1ccccc1N1CCN(S(=O)(=O)c2cccc(C=CC(=O)Cl)c2)CC1. The van der Waals surface area contributed by atoms with Crippen molar-refractivity contribution in [3.63, 3.8) is 0 Å². The maximum atomic E-state index is 13.0. The van der Waals surface area contributed by atoms with Gasteiger partial charge in [-0.25, -0.2) is 8.42 Å². The van der Waals surface area contributed by atoms with Crippen LogP contribution in [0.15, 0.2) is 59.5 Å². The number of carbonyl (C=O) groups is 1. The average Bonchev–Trinajstić information content (AvgIpc) is 2.72. The van der Waals surface area contributed by atoms with Crippen molar-refractivity contribution < 1.29 is 17.9 Å². The molecule has 28 heavy (non-hydrogen) atoms. The number of halogens is 1. The molecular formula is C20H21ClN2O4S. The van der Waals surface area contributed by atoms with E-state index in [1.165, 1.54) is 22.5 Å². The number of carbonyl (C=O) groups excluding carboxylic acids is 1. The Kier molecular flexibility index (Phi) is 6.39. The number of anilines is 1. The molecule has 148 valence electrons. The van der Waals surface area contributed by atoms with E-state index < -0.39 is 15.3 Å². The molecule has 1 aliphatic heterocycles. The molecule has 0 aliphatic carbocycles. The topological polar surface area (TPSA) is 66.9 Å². The molecule has 0 atom stereocenters. The number of allylic oxidation sites excluding steroid dienone is 1. The molecule has 1 saturated heterocycles. The van der Waals surface area contributed by atoms with E-state index in [-0.39, 0.29) is 4.90 Å². The number of hydrogen-bond acceptors (Lipinski definition) is 5. The first-order chi connectivity index (χ1) is 13.4. The second-order valence-corrected chi connectivity index (χ2v) is 8.58. The van der Waals surface area contributed by atoms with E-state index in [2.05, 4.69) is 4.90 Å². The quantitative estimate of drug-likeness (QED) is 0.531. The third kappa shape index (κ3) is 4.55. The number of nitrogens with zero attached hydrogens (tertiary/aromatic N) is 2. The zero-order chi connectivity index (χ0) is 20.1. The normalized spacial score (nSPS) is 15.7. The summed E-state index contributed by atoms with van der Waals surface area (Å²) in [5, 5.41) is -0.610. The molecular weight excluding hydrogens is 400 g/mol. The fraction of sp³-hybridized carbons (Fsp3) is 0.250. The minimum atomic E-state index is -3.62. The molecule has 2 aromatic rings. The minimum absolute atomic E-state index is 0.197. The van der Waals surface area contributed by atoms with Crippen LogP contribution in [0.4, 0.5) is 5.69 Å². The highest BCUT2D eigenvalue weighted by Gasteiger charge is 2.29. The van der Waals surface area contributed by atoms with Crippen LogP contribution in [0.25, 0.3) is 6.08 Å². The van der Waals surface area contributed by atoms with Gasteiger partial charge < -0.3 is 9.64 Å². The van der Waals surface area contributed by atoms with Gasteiger partial charge in [-0.05, 0) is 47.5 Å². The molecule has 0 bridgehead atoms. The fourth-order valence-electron chi connectivity index (χ4n) is 3.15. The zero-order valence-corrected chi connectivity index (χ0v) is 17.0. The number of methoxy groups -OCH3 is 1. The molecule has 0 aromatic heterocycles. The van der Waals surface area contributed by atoms with Gasteiger partial charge in [0.05, 0.1) is 17.7 Å². The van der Waals surface area contributed by atoms with Gasteiger partial charge in [-0.3, -0.25) is 4.79 Å². The lowest BCUT2D eigenvalue weighted by Gasteiger charge is -2.36. The van der Waals surface area contributed by atoms with Crippen LogP contribution in [-0.2, 0) is 14.8 Å². The highest BCUT2D eigenvalue weighted by atomic mass is 35.5. The summed E-state index contributed by atoms with van der Waals surface area (Å²) in [6.07, 6.45) is 2.69. The van der Waals surface area contributed by atoms with Crippen LogP contribution in [-0.4, -0.2) is 51.3 Å². The number of rotatable bonds is 6. The summed E-state index contributed by atoms with van der Waals surface area (Å²) in [5.74, 6) is 0.770. The number of piperazine rings is 1. The van der Waals surface area contributed by atoms with Crippen LogP contribution < -0.4 is 9.64 Å². The first-order valence-corrected chi connectivity index (χ1v) is 10.6. The molecule has 0 N–H and O–H groups in total. The number of para-hydroxylation sites is 2. The van der Waals surface area contributed by atoms with Gasteiger partial charge >= 0.3 is 0 Å². The lowest BCUT2D eigenvalue weighted by molar-refractivity contribution is -0.107. The van der Waals surface area contributed by atoms with Crippen LogP contribution in [0.5, 0.6) is 5.75 Å². The number of ether oxygens (including phenoxy) is 1. The van der Waals surface area contributed by atoms with E-state index in [9.17, 15) is 13.2 Å². The van der Waals surface area contributed by atoms with Gasteiger partial charge in [-0.15, -0.1) is 0 Å². The van der Waals surface area contributed by atoms with Crippen LogP contribution in [0.3, 0.4) is 0 Å². The number of benzene rings is 2. The summed E-state index contributed by atoms with van der Waals surface area (Å²) in [6.45, 7) is 1.89. The summed E-state index contributed by atoms with van der Waals surface area (Å²) in [6, 6.07) is 14.2. The molecule has 8 heteroatoms. The molecule has 1 heterocycles. The molecule has 2 aromatic carbocycles. The Labute approximate surface area is 170 Å². The summed E-state index contributed by atoms with van der Waals surface area (Å²) < 4.78 is 32.9. The molecule has 1 aliphatic rings. The van der Waals surface area contributed by atoms with Gasteiger partial charge in [-0.1, -0.05) is 30.3 Å². The third-order valence-electron chi connectivity index (χ3n) is 4.57. The first-order valence-electron chi connectivity index (χ1n) is 8.77. The molecule has 0 spiro atoms. The molecule has 6 nitrogen and oxygen atoms in total. The van der Waals surface area contributed by atoms with Crippen LogP contribution in [0.1, 0.15) is 5.56 Å². The highest BCUT2D eigenvalue weighted by molar-refractivity contribution is 7.89. The Balaban J connectivity index is 1.75. The van der Waals surface area contributed by atoms with E-state index in [1.807, 2.05) is 24.3 Å². The van der Waals surface area contributed by atoms with Crippen molar-refractivity contribution in [3.05, 3.63) is 60.2 Å². The minimum Gasteiger partial charge on any atom is -0.495 e. The van der Waals surface area contributed by atoms with Crippen molar-refractivity contribution in [1.82, 2.24) is 4.31 Å². The van der Waals surface area contributed by atoms with E-state index in [4.69, 9.17) is 16.3 Å². The molecule has 1 fully saturated rings. The van der Waals surface area contributed by atoms with Crippen LogP contribution >= 0.6 is 11.6 Å². The van der Waals surface area contributed by atoms with Crippen LogP contribution in [0, 0.1) is 0 Å². The molecule has 3 rings (SSSR count). The van der Waals surface area contributed by atoms with Crippen molar-refractivity contribution in [2.45, 2.75) is 4.90 Å². The Hall–Kier alpha value is -2.35. The first kappa shape index (κ1) is 20.4. The van der Waals surface area contributed by atoms with Gasteiger partial charge in [0.15, 0.2) is 0 Å². The lowest BCUT2D eigenvalue weighted by Crippen LogP contribution is -2.48. The van der Waals surface area contributed by atoms with Crippen molar-refractivity contribution in [1.29, 1.82) is 0 Å². The van der Waals surface area contributed by atoms with E-state index in [0.717, 1.165) is 11.4 Å². The summed E-state index contributed by atoms with van der Waals surface area (Å²) in [5.41, 5.74) is 1.56. The summed E-state index contributed by atoms with van der Waals surface area (Å²) in [4.78, 5) is 13.2. The highest BCUT2D eigenvalue weighted by Crippen LogP contribution is 2.29. The van der Waals surface area contributed by atoms with Gasteiger partial charge in [0, 0.05) is 26.2 Å². The standard InChI is InChI=1S/C20H21ClN2O4S/c1-27-19-8-3-2-7-18(19)22-11-13-23(14-12-22)28(25,26)17-6-4-5-16(15-17)9-10-20(21)24/h2-10,15H,11-14H2,1H3. The van der Waals surface area contributed by atoms with E-state index >= 15 is 0 Å². The van der Waals surface area contributed by atoms with Crippen molar-refractivity contribution in [2.75, 3.05) is 38.2 Å². The Morgan fingerprint density at radius 3 is 2.46 bits per heavy atom. The van der Waals surface area contributed by atoms with E-state index in [0.29, 0.717) is 31.7 Å². The van der Waals surface area contributed by atoms with Gasteiger partial charge in [0.2, 0.25) is 15.3 Å². The van der Waals surface area contributed by atoms with Crippen molar-refractivity contribution >= 4 is 38.6 Å². The predicted octanol–water partition coefficient (Wildman–Crippen LogP) is 2.98.